The van der Waals surface area contributed by atoms with Gasteiger partial charge in [-0.2, -0.15) is 18.3 Å². The first-order valence-electron chi connectivity index (χ1n) is 9.76. The molecule has 0 aliphatic carbocycles. The van der Waals surface area contributed by atoms with E-state index in [0.717, 1.165) is 4.68 Å². The van der Waals surface area contributed by atoms with Crippen LogP contribution >= 0.6 is 0 Å². The van der Waals surface area contributed by atoms with E-state index in [1.54, 1.807) is 36.4 Å². The van der Waals surface area contributed by atoms with Crippen molar-refractivity contribution in [1.29, 1.82) is 0 Å². The Hall–Kier alpha value is -3.69. The minimum Gasteiger partial charge on any atom is -0.493 e. The van der Waals surface area contributed by atoms with E-state index >= 15 is 0 Å². The van der Waals surface area contributed by atoms with Crippen molar-refractivity contribution < 1.29 is 27.4 Å². The van der Waals surface area contributed by atoms with Gasteiger partial charge in [-0.1, -0.05) is 18.2 Å². The first-order chi connectivity index (χ1) is 15.2. The van der Waals surface area contributed by atoms with Crippen LogP contribution in [0.25, 0.3) is 11.3 Å². The van der Waals surface area contributed by atoms with Gasteiger partial charge in [0.15, 0.2) is 17.5 Å². The summed E-state index contributed by atoms with van der Waals surface area (Å²) in [6.45, 7) is 0. The number of benzene rings is 2. The number of ether oxygens (including phenoxy) is 2. The lowest BCUT2D eigenvalue weighted by Gasteiger charge is -2.33. The lowest BCUT2D eigenvalue weighted by molar-refractivity contribution is -0.173. The van der Waals surface area contributed by atoms with Crippen molar-refractivity contribution in [3.8, 4) is 22.8 Å². The van der Waals surface area contributed by atoms with Gasteiger partial charge in [-0.05, 0) is 29.8 Å². The molecule has 0 saturated heterocycles. The van der Waals surface area contributed by atoms with Gasteiger partial charge in [0.2, 0.25) is 5.91 Å². The van der Waals surface area contributed by atoms with Crippen LogP contribution in [0, 0.1) is 0 Å². The molecule has 10 heteroatoms. The molecule has 0 radical (unpaired) electrons. The van der Waals surface area contributed by atoms with Crippen LogP contribution < -0.4 is 20.5 Å². The van der Waals surface area contributed by atoms with E-state index in [1.807, 2.05) is 0 Å². The van der Waals surface area contributed by atoms with E-state index in [2.05, 4.69) is 10.4 Å². The SMILES string of the molecule is COc1ccc(C2CC(C(F)(F)F)n3nc(-c4ccc(C(N)=O)cc4)cc3N2)cc1OC. The largest absolute Gasteiger partial charge is 0.493 e. The molecule has 2 aromatic carbocycles. The summed E-state index contributed by atoms with van der Waals surface area (Å²) < 4.78 is 53.3. The summed E-state index contributed by atoms with van der Waals surface area (Å²) in [5.74, 6) is 0.584. The normalized spacial score (nSPS) is 17.9. The number of amides is 1. The number of rotatable bonds is 5. The topological polar surface area (TPSA) is 91.4 Å². The third kappa shape index (κ3) is 3.95. The van der Waals surface area contributed by atoms with Gasteiger partial charge in [-0.3, -0.25) is 4.79 Å². The van der Waals surface area contributed by atoms with Crippen molar-refractivity contribution >= 4 is 11.7 Å². The minimum absolute atomic E-state index is 0.242. The van der Waals surface area contributed by atoms with Crippen molar-refractivity contribution in [3.05, 3.63) is 59.7 Å². The summed E-state index contributed by atoms with van der Waals surface area (Å²) in [5, 5.41) is 7.36. The molecule has 1 aromatic heterocycles. The number of nitrogens with zero attached hydrogens (tertiary/aromatic N) is 2. The molecule has 0 saturated carbocycles. The van der Waals surface area contributed by atoms with Gasteiger partial charge in [0.25, 0.3) is 0 Å². The smallest absolute Gasteiger partial charge is 0.410 e. The lowest BCUT2D eigenvalue weighted by atomic mass is 9.96. The van der Waals surface area contributed by atoms with Crippen molar-refractivity contribution in [2.45, 2.75) is 24.7 Å². The second kappa shape index (κ2) is 8.10. The molecule has 0 spiro atoms. The molecule has 0 bridgehead atoms. The van der Waals surface area contributed by atoms with Crippen molar-refractivity contribution in [1.82, 2.24) is 9.78 Å². The average molecular weight is 446 g/mol. The molecule has 2 atom stereocenters. The summed E-state index contributed by atoms with van der Waals surface area (Å²) in [4.78, 5) is 11.3. The first-order valence-corrected chi connectivity index (χ1v) is 9.76. The fourth-order valence-corrected chi connectivity index (χ4v) is 3.81. The molecule has 0 fully saturated rings. The van der Waals surface area contributed by atoms with E-state index in [4.69, 9.17) is 15.2 Å². The summed E-state index contributed by atoms with van der Waals surface area (Å²) >= 11 is 0. The van der Waals surface area contributed by atoms with Crippen LogP contribution in [0.15, 0.2) is 48.5 Å². The molecule has 1 amide bonds. The predicted molar refractivity (Wildman–Crippen MR) is 112 cm³/mol. The number of fused-ring (bicyclic) bond motifs is 1. The van der Waals surface area contributed by atoms with Crippen LogP contribution in [0.5, 0.6) is 11.5 Å². The van der Waals surface area contributed by atoms with Crippen LogP contribution in [0.2, 0.25) is 0 Å². The monoisotopic (exact) mass is 446 g/mol. The highest BCUT2D eigenvalue weighted by atomic mass is 19.4. The Bertz CT molecular complexity index is 1140. The van der Waals surface area contributed by atoms with Gasteiger partial charge in [0.1, 0.15) is 5.82 Å². The number of primary amides is 1. The quantitative estimate of drug-likeness (QED) is 0.609. The van der Waals surface area contributed by atoms with Gasteiger partial charge in [0.05, 0.1) is 26.0 Å². The molecule has 2 heterocycles. The number of carbonyl (C=O) groups excluding carboxylic acids is 1. The van der Waals surface area contributed by atoms with E-state index in [9.17, 15) is 18.0 Å². The van der Waals surface area contributed by atoms with E-state index < -0.39 is 24.2 Å². The van der Waals surface area contributed by atoms with Crippen molar-refractivity contribution in [2.75, 3.05) is 19.5 Å². The second-order valence-electron chi connectivity index (χ2n) is 7.41. The number of halogens is 3. The fourth-order valence-electron chi connectivity index (χ4n) is 3.81. The molecule has 32 heavy (non-hydrogen) atoms. The van der Waals surface area contributed by atoms with Crippen LogP contribution in [0.1, 0.15) is 34.4 Å². The highest BCUT2D eigenvalue weighted by Crippen LogP contribution is 2.45. The number of carbonyl (C=O) groups is 1. The van der Waals surface area contributed by atoms with Crippen molar-refractivity contribution in [3.63, 3.8) is 0 Å². The standard InChI is InChI=1S/C22H21F3N4O3/c1-31-17-8-7-14(9-18(17)32-2)15-10-19(22(23,24)25)29-20(27-15)11-16(28-29)12-3-5-13(6-4-12)21(26)30/h3-9,11,15,19,27H,10H2,1-2H3,(H2,26,30). The summed E-state index contributed by atoms with van der Waals surface area (Å²) in [7, 11) is 2.96. The van der Waals surface area contributed by atoms with Gasteiger partial charge in [-0.25, -0.2) is 4.68 Å². The van der Waals surface area contributed by atoms with E-state index in [-0.39, 0.29) is 12.2 Å². The van der Waals surface area contributed by atoms with Gasteiger partial charge in [0, 0.05) is 23.6 Å². The van der Waals surface area contributed by atoms with Crippen molar-refractivity contribution in [2.24, 2.45) is 5.73 Å². The van der Waals surface area contributed by atoms with E-state index in [1.165, 1.54) is 26.4 Å². The Morgan fingerprint density at radius 1 is 1.09 bits per heavy atom. The molecule has 1 aliphatic heterocycles. The Morgan fingerprint density at radius 2 is 1.78 bits per heavy atom. The molecule has 4 rings (SSSR count). The Labute approximate surface area is 181 Å². The Morgan fingerprint density at radius 3 is 2.38 bits per heavy atom. The van der Waals surface area contributed by atoms with Crippen LogP contribution in [0.4, 0.5) is 19.0 Å². The number of alkyl halides is 3. The summed E-state index contributed by atoms with van der Waals surface area (Å²) in [6, 6.07) is 10.4. The minimum atomic E-state index is -4.50. The zero-order valence-corrected chi connectivity index (χ0v) is 17.3. The van der Waals surface area contributed by atoms with Gasteiger partial charge in [-0.15, -0.1) is 0 Å². The highest BCUT2D eigenvalue weighted by molar-refractivity contribution is 5.93. The summed E-state index contributed by atoms with van der Waals surface area (Å²) in [5.41, 5.74) is 7.11. The Balaban J connectivity index is 1.71. The van der Waals surface area contributed by atoms with Crippen LogP contribution in [-0.2, 0) is 0 Å². The highest BCUT2D eigenvalue weighted by Gasteiger charge is 2.46. The van der Waals surface area contributed by atoms with Crippen LogP contribution in [-0.4, -0.2) is 36.1 Å². The number of anilines is 1. The predicted octanol–water partition coefficient (Wildman–Crippen LogP) is 4.33. The van der Waals surface area contributed by atoms with Crippen LogP contribution in [0.3, 0.4) is 0 Å². The second-order valence-corrected chi connectivity index (χ2v) is 7.41. The average Bonchev–Trinajstić information content (AvgIpc) is 3.21. The number of methoxy groups -OCH3 is 2. The number of hydrogen-bond acceptors (Lipinski definition) is 5. The molecule has 3 aromatic rings. The molecular weight excluding hydrogens is 425 g/mol. The Kier molecular flexibility index (Phi) is 5.45. The molecule has 3 N–H and O–H groups in total. The molecule has 2 unspecified atom stereocenters. The first kappa shape index (κ1) is 21.5. The fraction of sp³-hybridized carbons (Fsp3) is 0.273. The molecule has 7 nitrogen and oxygen atoms in total. The molecule has 1 aliphatic rings. The lowest BCUT2D eigenvalue weighted by Crippen LogP contribution is -2.35. The van der Waals surface area contributed by atoms with Gasteiger partial charge >= 0.3 is 6.18 Å². The zero-order chi connectivity index (χ0) is 23.0. The molecule has 168 valence electrons. The third-order valence-electron chi connectivity index (χ3n) is 5.47. The number of nitrogens with one attached hydrogen (secondary N) is 1. The number of aromatic nitrogens is 2. The number of nitrogens with two attached hydrogens (primary N) is 1. The summed E-state index contributed by atoms with van der Waals surface area (Å²) in [6.07, 6.45) is -4.74. The third-order valence-corrected chi connectivity index (χ3v) is 5.47. The maximum Gasteiger partial charge on any atom is 0.410 e. The zero-order valence-electron chi connectivity index (χ0n) is 17.3. The van der Waals surface area contributed by atoms with Gasteiger partial charge < -0.3 is 20.5 Å². The molecular formula is C22H21F3N4O3. The maximum atomic E-state index is 13.9. The number of hydrogen-bond donors (Lipinski definition) is 2. The van der Waals surface area contributed by atoms with E-state index in [0.29, 0.717) is 33.9 Å². The maximum absolute atomic E-state index is 13.9.